The predicted octanol–water partition coefficient (Wildman–Crippen LogP) is 0.153. The zero-order valence-corrected chi connectivity index (χ0v) is 14.5. The molecule has 2 aromatic rings. The van der Waals surface area contributed by atoms with Crippen LogP contribution in [0.25, 0.3) is 0 Å². The Bertz CT molecular complexity index is 756. The molecule has 1 N–H and O–H groups in total. The lowest BCUT2D eigenvalue weighted by atomic mass is 10.3. The summed E-state index contributed by atoms with van der Waals surface area (Å²) in [7, 11) is 4.70. The molecule has 1 aliphatic heterocycles. The summed E-state index contributed by atoms with van der Waals surface area (Å²) in [6.07, 6.45) is 3.82. The summed E-state index contributed by atoms with van der Waals surface area (Å²) in [5.74, 6) is 0.968. The summed E-state index contributed by atoms with van der Waals surface area (Å²) in [4.78, 5) is 27.4. The third kappa shape index (κ3) is 3.78. The maximum atomic E-state index is 12.3. The molecule has 0 atom stereocenters. The SMILES string of the molecule is COc1nc(CNC(=O)c2cn(C)nc2OC)nc(N2CCCC2)n1. The molecule has 3 rings (SSSR count). The van der Waals surface area contributed by atoms with Gasteiger partial charge in [-0.2, -0.15) is 15.0 Å². The Morgan fingerprint density at radius 2 is 1.96 bits per heavy atom. The van der Waals surface area contributed by atoms with E-state index in [1.54, 1.807) is 13.2 Å². The van der Waals surface area contributed by atoms with Crippen molar-refractivity contribution in [3.63, 3.8) is 0 Å². The second-order valence-corrected chi connectivity index (χ2v) is 5.64. The molecule has 10 heteroatoms. The van der Waals surface area contributed by atoms with Crippen molar-refractivity contribution < 1.29 is 14.3 Å². The van der Waals surface area contributed by atoms with E-state index in [9.17, 15) is 4.79 Å². The molecule has 0 aliphatic carbocycles. The van der Waals surface area contributed by atoms with Crippen LogP contribution in [-0.4, -0.2) is 57.9 Å². The summed E-state index contributed by atoms with van der Waals surface area (Å²) >= 11 is 0. The highest BCUT2D eigenvalue weighted by Gasteiger charge is 2.19. The molecule has 0 radical (unpaired) electrons. The molecule has 0 aromatic carbocycles. The van der Waals surface area contributed by atoms with Crippen LogP contribution in [0.5, 0.6) is 11.9 Å². The Balaban J connectivity index is 1.73. The van der Waals surface area contributed by atoms with E-state index >= 15 is 0 Å². The van der Waals surface area contributed by atoms with Crippen molar-refractivity contribution in [2.24, 2.45) is 7.05 Å². The van der Waals surface area contributed by atoms with Crippen LogP contribution in [0.15, 0.2) is 6.20 Å². The number of rotatable bonds is 6. The number of aryl methyl sites for hydroxylation is 1. The lowest BCUT2D eigenvalue weighted by Crippen LogP contribution is -2.26. The topological polar surface area (TPSA) is 107 Å². The first kappa shape index (κ1) is 16.9. The quantitative estimate of drug-likeness (QED) is 0.787. The molecule has 1 amide bonds. The van der Waals surface area contributed by atoms with Crippen molar-refractivity contribution in [1.82, 2.24) is 30.0 Å². The summed E-state index contributed by atoms with van der Waals surface area (Å²) in [5, 5.41) is 6.84. The van der Waals surface area contributed by atoms with Gasteiger partial charge in [0.15, 0.2) is 5.82 Å². The molecule has 134 valence electrons. The zero-order chi connectivity index (χ0) is 17.8. The fourth-order valence-corrected chi connectivity index (χ4v) is 2.64. The molecule has 2 aromatic heterocycles. The van der Waals surface area contributed by atoms with Crippen molar-refractivity contribution in [2.45, 2.75) is 19.4 Å². The van der Waals surface area contributed by atoms with Gasteiger partial charge in [-0.15, -0.1) is 5.10 Å². The van der Waals surface area contributed by atoms with Gasteiger partial charge in [0.2, 0.25) is 11.8 Å². The molecule has 0 unspecified atom stereocenters. The maximum absolute atomic E-state index is 12.3. The first-order chi connectivity index (χ1) is 12.1. The van der Waals surface area contributed by atoms with Gasteiger partial charge >= 0.3 is 6.01 Å². The lowest BCUT2D eigenvalue weighted by molar-refractivity contribution is 0.0946. The van der Waals surface area contributed by atoms with Crippen LogP contribution < -0.4 is 19.7 Å². The van der Waals surface area contributed by atoms with Crippen LogP contribution in [-0.2, 0) is 13.6 Å². The van der Waals surface area contributed by atoms with E-state index in [1.165, 1.54) is 18.9 Å². The summed E-state index contributed by atoms with van der Waals surface area (Å²) in [6.45, 7) is 1.97. The molecule has 25 heavy (non-hydrogen) atoms. The highest BCUT2D eigenvalue weighted by atomic mass is 16.5. The molecule has 10 nitrogen and oxygen atoms in total. The fraction of sp³-hybridized carbons (Fsp3) is 0.533. The van der Waals surface area contributed by atoms with Gasteiger partial charge in [-0.1, -0.05) is 0 Å². The van der Waals surface area contributed by atoms with E-state index in [2.05, 4.69) is 30.3 Å². The summed E-state index contributed by atoms with van der Waals surface area (Å²) in [5.41, 5.74) is 0.353. The van der Waals surface area contributed by atoms with E-state index in [1.807, 2.05) is 0 Å². The Hall–Kier alpha value is -2.91. The van der Waals surface area contributed by atoms with Crippen LogP contribution in [0.4, 0.5) is 5.95 Å². The van der Waals surface area contributed by atoms with Crippen molar-refractivity contribution in [3.05, 3.63) is 17.6 Å². The number of hydrogen-bond acceptors (Lipinski definition) is 8. The molecule has 1 aliphatic rings. The average molecular weight is 347 g/mol. The first-order valence-electron chi connectivity index (χ1n) is 8.00. The number of nitrogens with zero attached hydrogens (tertiary/aromatic N) is 6. The van der Waals surface area contributed by atoms with Gasteiger partial charge in [0.05, 0.1) is 20.8 Å². The largest absolute Gasteiger partial charge is 0.479 e. The second-order valence-electron chi connectivity index (χ2n) is 5.64. The van der Waals surface area contributed by atoms with E-state index in [0.717, 1.165) is 25.9 Å². The third-order valence-electron chi connectivity index (χ3n) is 3.86. The molecule has 0 saturated carbocycles. The number of methoxy groups -OCH3 is 2. The monoisotopic (exact) mass is 347 g/mol. The normalized spacial score (nSPS) is 13.8. The van der Waals surface area contributed by atoms with Crippen molar-refractivity contribution in [3.8, 4) is 11.9 Å². The van der Waals surface area contributed by atoms with Gasteiger partial charge in [-0.25, -0.2) is 0 Å². The van der Waals surface area contributed by atoms with Gasteiger partial charge in [0, 0.05) is 26.3 Å². The van der Waals surface area contributed by atoms with Gasteiger partial charge in [0.25, 0.3) is 5.91 Å². The minimum absolute atomic E-state index is 0.149. The Labute approximate surface area is 145 Å². The number of aromatic nitrogens is 5. The van der Waals surface area contributed by atoms with Crippen LogP contribution in [0.2, 0.25) is 0 Å². The van der Waals surface area contributed by atoms with Crippen LogP contribution in [0, 0.1) is 0 Å². The van der Waals surface area contributed by atoms with E-state index < -0.39 is 0 Å². The van der Waals surface area contributed by atoms with Crippen molar-refractivity contribution >= 4 is 11.9 Å². The number of carbonyl (C=O) groups is 1. The minimum atomic E-state index is -0.313. The minimum Gasteiger partial charge on any atom is -0.479 e. The Kier molecular flexibility index (Phi) is 4.96. The molecular formula is C15H21N7O3. The van der Waals surface area contributed by atoms with Crippen molar-refractivity contribution in [2.75, 3.05) is 32.2 Å². The lowest BCUT2D eigenvalue weighted by Gasteiger charge is -2.16. The molecule has 3 heterocycles. The van der Waals surface area contributed by atoms with Gasteiger partial charge in [-0.05, 0) is 12.8 Å². The number of ether oxygens (including phenoxy) is 2. The molecule has 1 saturated heterocycles. The molecule has 0 bridgehead atoms. The predicted molar refractivity (Wildman–Crippen MR) is 88.8 cm³/mol. The maximum Gasteiger partial charge on any atom is 0.321 e. The van der Waals surface area contributed by atoms with Crippen LogP contribution in [0.1, 0.15) is 29.0 Å². The molecule has 0 spiro atoms. The highest BCUT2D eigenvalue weighted by Crippen LogP contribution is 2.18. The number of carbonyl (C=O) groups excluding carboxylic acids is 1. The van der Waals surface area contributed by atoms with E-state index in [4.69, 9.17) is 9.47 Å². The van der Waals surface area contributed by atoms with Crippen LogP contribution >= 0.6 is 0 Å². The summed E-state index contributed by atoms with van der Waals surface area (Å²) < 4.78 is 11.8. The number of hydrogen-bond donors (Lipinski definition) is 1. The number of anilines is 1. The van der Waals surface area contributed by atoms with Gasteiger partial charge in [-0.3, -0.25) is 9.48 Å². The average Bonchev–Trinajstić information content (AvgIpc) is 3.28. The van der Waals surface area contributed by atoms with Crippen molar-refractivity contribution in [1.29, 1.82) is 0 Å². The van der Waals surface area contributed by atoms with E-state index in [-0.39, 0.29) is 24.3 Å². The highest BCUT2D eigenvalue weighted by molar-refractivity contribution is 5.96. The second kappa shape index (κ2) is 7.32. The zero-order valence-electron chi connectivity index (χ0n) is 14.5. The number of amides is 1. The molecular weight excluding hydrogens is 326 g/mol. The molecule has 1 fully saturated rings. The van der Waals surface area contributed by atoms with Gasteiger partial charge in [0.1, 0.15) is 5.56 Å². The standard InChI is InChI=1S/C15H21N7O3/c1-21-9-10(13(20-21)24-2)12(23)16-8-11-17-14(19-15(18-11)25-3)22-6-4-5-7-22/h9H,4-8H2,1-3H3,(H,16,23). The van der Waals surface area contributed by atoms with Gasteiger partial charge < -0.3 is 19.7 Å². The Morgan fingerprint density at radius 3 is 2.64 bits per heavy atom. The third-order valence-corrected chi connectivity index (χ3v) is 3.86. The number of nitrogens with one attached hydrogen (secondary N) is 1. The van der Waals surface area contributed by atoms with Crippen LogP contribution in [0.3, 0.4) is 0 Å². The first-order valence-corrected chi connectivity index (χ1v) is 8.00. The smallest absolute Gasteiger partial charge is 0.321 e. The Morgan fingerprint density at radius 1 is 1.20 bits per heavy atom. The fourth-order valence-electron chi connectivity index (χ4n) is 2.64. The van der Waals surface area contributed by atoms with E-state index in [0.29, 0.717) is 17.3 Å². The summed E-state index contributed by atoms with van der Waals surface area (Å²) in [6, 6.07) is 0.236.